The molecule has 0 aliphatic heterocycles. The Morgan fingerprint density at radius 3 is 2.17 bits per heavy atom. The Labute approximate surface area is 106 Å². The summed E-state index contributed by atoms with van der Waals surface area (Å²) in [5.74, 6) is -2.51. The molecule has 0 aliphatic rings. The zero-order chi connectivity index (χ0) is 13.5. The van der Waals surface area contributed by atoms with Crippen LogP contribution >= 0.6 is 0 Å². The summed E-state index contributed by atoms with van der Waals surface area (Å²) >= 11 is 0. The third kappa shape index (κ3) is 4.02. The van der Waals surface area contributed by atoms with Crippen LogP contribution in [0.2, 0.25) is 0 Å². The van der Waals surface area contributed by atoms with E-state index in [1.54, 1.807) is 7.05 Å². The monoisotopic (exact) mass is 259 g/mol. The van der Waals surface area contributed by atoms with E-state index in [-0.39, 0.29) is 5.56 Å². The minimum Gasteiger partial charge on any atom is -0.313 e. The second-order valence-corrected chi connectivity index (χ2v) is 4.47. The standard InChI is InChI=1S/C14H20F3N/c1-3-4-5-6-7-13(18-2)14-11(16)8-10(15)9-12(14)17/h8-9,13,18H,3-7H2,1-2H3. The fourth-order valence-corrected chi connectivity index (χ4v) is 2.09. The van der Waals surface area contributed by atoms with Gasteiger partial charge in [-0.25, -0.2) is 13.2 Å². The van der Waals surface area contributed by atoms with E-state index in [2.05, 4.69) is 12.2 Å². The van der Waals surface area contributed by atoms with Gasteiger partial charge >= 0.3 is 0 Å². The number of benzene rings is 1. The number of rotatable bonds is 7. The molecule has 102 valence electrons. The molecule has 0 spiro atoms. The lowest BCUT2D eigenvalue weighted by molar-refractivity contribution is 0.445. The van der Waals surface area contributed by atoms with Crippen LogP contribution in [0.1, 0.15) is 50.6 Å². The largest absolute Gasteiger partial charge is 0.313 e. The van der Waals surface area contributed by atoms with Gasteiger partial charge in [0.05, 0.1) is 0 Å². The molecular weight excluding hydrogens is 239 g/mol. The Bertz CT molecular complexity index is 356. The number of hydrogen-bond acceptors (Lipinski definition) is 1. The van der Waals surface area contributed by atoms with Gasteiger partial charge in [0.15, 0.2) is 0 Å². The molecule has 1 aromatic carbocycles. The lowest BCUT2D eigenvalue weighted by Gasteiger charge is -2.18. The Kier molecular flexibility index (Phi) is 6.19. The van der Waals surface area contributed by atoms with Gasteiger partial charge in [-0.05, 0) is 13.5 Å². The molecule has 18 heavy (non-hydrogen) atoms. The molecule has 0 saturated carbocycles. The van der Waals surface area contributed by atoms with Crippen LogP contribution < -0.4 is 5.32 Å². The van der Waals surface area contributed by atoms with Crippen molar-refractivity contribution < 1.29 is 13.2 Å². The first-order valence-corrected chi connectivity index (χ1v) is 6.41. The fourth-order valence-electron chi connectivity index (χ4n) is 2.09. The van der Waals surface area contributed by atoms with Gasteiger partial charge in [0, 0.05) is 23.7 Å². The molecule has 0 aliphatic carbocycles. The van der Waals surface area contributed by atoms with Crippen LogP contribution in [0.4, 0.5) is 13.2 Å². The molecule has 0 fully saturated rings. The maximum absolute atomic E-state index is 13.6. The second kappa shape index (κ2) is 7.41. The minimum absolute atomic E-state index is 0.0598. The highest BCUT2D eigenvalue weighted by molar-refractivity contribution is 5.24. The van der Waals surface area contributed by atoms with E-state index in [9.17, 15) is 13.2 Å². The maximum Gasteiger partial charge on any atom is 0.133 e. The summed E-state index contributed by atoms with van der Waals surface area (Å²) in [5.41, 5.74) is -0.0598. The molecule has 0 aromatic heterocycles. The van der Waals surface area contributed by atoms with E-state index in [1.807, 2.05) is 0 Å². The van der Waals surface area contributed by atoms with Crippen LogP contribution in [0.3, 0.4) is 0 Å². The SMILES string of the molecule is CCCCCCC(NC)c1c(F)cc(F)cc1F. The predicted octanol–water partition coefficient (Wildman–Crippen LogP) is 4.33. The van der Waals surface area contributed by atoms with Crippen molar-refractivity contribution in [2.75, 3.05) is 7.05 Å². The van der Waals surface area contributed by atoms with Gasteiger partial charge in [-0.3, -0.25) is 0 Å². The van der Waals surface area contributed by atoms with Gasteiger partial charge in [-0.2, -0.15) is 0 Å². The fraction of sp³-hybridized carbons (Fsp3) is 0.571. The predicted molar refractivity (Wildman–Crippen MR) is 66.9 cm³/mol. The second-order valence-electron chi connectivity index (χ2n) is 4.47. The highest BCUT2D eigenvalue weighted by Crippen LogP contribution is 2.26. The molecule has 4 heteroatoms. The maximum atomic E-state index is 13.6. The Hall–Kier alpha value is -1.03. The van der Waals surface area contributed by atoms with Crippen LogP contribution in [0.5, 0.6) is 0 Å². The molecule has 1 rings (SSSR count). The van der Waals surface area contributed by atoms with Crippen LogP contribution in [0.25, 0.3) is 0 Å². The van der Waals surface area contributed by atoms with E-state index in [1.165, 1.54) is 0 Å². The van der Waals surface area contributed by atoms with Gasteiger partial charge in [0.1, 0.15) is 17.5 Å². The average Bonchev–Trinajstić information content (AvgIpc) is 2.31. The van der Waals surface area contributed by atoms with Crippen molar-refractivity contribution in [1.29, 1.82) is 0 Å². The lowest BCUT2D eigenvalue weighted by atomic mass is 9.99. The average molecular weight is 259 g/mol. The third-order valence-corrected chi connectivity index (χ3v) is 3.09. The molecule has 1 aromatic rings. The topological polar surface area (TPSA) is 12.0 Å². The van der Waals surface area contributed by atoms with Gasteiger partial charge < -0.3 is 5.32 Å². The van der Waals surface area contributed by atoms with E-state index in [0.29, 0.717) is 6.42 Å². The van der Waals surface area contributed by atoms with Crippen LogP contribution in [-0.4, -0.2) is 7.05 Å². The molecule has 1 unspecified atom stereocenters. The third-order valence-electron chi connectivity index (χ3n) is 3.09. The van der Waals surface area contributed by atoms with Gasteiger partial charge in [-0.15, -0.1) is 0 Å². The Morgan fingerprint density at radius 1 is 1.06 bits per heavy atom. The summed E-state index contributed by atoms with van der Waals surface area (Å²) in [7, 11) is 1.66. The van der Waals surface area contributed by atoms with E-state index in [4.69, 9.17) is 0 Å². The molecule has 0 bridgehead atoms. The first-order valence-electron chi connectivity index (χ1n) is 6.41. The molecule has 1 N–H and O–H groups in total. The Morgan fingerprint density at radius 2 is 1.67 bits per heavy atom. The molecule has 1 atom stereocenters. The van der Waals surface area contributed by atoms with Crippen molar-refractivity contribution in [1.82, 2.24) is 5.32 Å². The molecular formula is C14H20F3N. The lowest BCUT2D eigenvalue weighted by Crippen LogP contribution is -2.19. The number of halogens is 3. The van der Waals surface area contributed by atoms with Crippen LogP contribution in [-0.2, 0) is 0 Å². The molecule has 1 nitrogen and oxygen atoms in total. The van der Waals surface area contributed by atoms with Crippen LogP contribution in [0.15, 0.2) is 12.1 Å². The summed E-state index contributed by atoms with van der Waals surface area (Å²) in [4.78, 5) is 0. The van der Waals surface area contributed by atoms with Crippen LogP contribution in [0, 0.1) is 17.5 Å². The number of unbranched alkanes of at least 4 members (excludes halogenated alkanes) is 3. The van der Waals surface area contributed by atoms with Crippen molar-refractivity contribution in [3.05, 3.63) is 35.1 Å². The zero-order valence-electron chi connectivity index (χ0n) is 10.9. The Balaban J connectivity index is 2.75. The highest BCUT2D eigenvalue weighted by Gasteiger charge is 2.19. The van der Waals surface area contributed by atoms with Gasteiger partial charge in [0.25, 0.3) is 0 Å². The number of hydrogen-bond donors (Lipinski definition) is 1. The van der Waals surface area contributed by atoms with Crippen molar-refractivity contribution in [2.45, 2.75) is 45.1 Å². The molecule has 0 saturated heterocycles. The summed E-state index contributed by atoms with van der Waals surface area (Å²) < 4.78 is 40.0. The zero-order valence-corrected chi connectivity index (χ0v) is 10.9. The highest BCUT2D eigenvalue weighted by atomic mass is 19.1. The summed E-state index contributed by atoms with van der Waals surface area (Å²) in [5, 5.41) is 2.89. The molecule has 0 heterocycles. The van der Waals surface area contributed by atoms with E-state index < -0.39 is 23.5 Å². The van der Waals surface area contributed by atoms with Crippen molar-refractivity contribution in [3.8, 4) is 0 Å². The van der Waals surface area contributed by atoms with Gasteiger partial charge in [-0.1, -0.05) is 32.6 Å². The smallest absolute Gasteiger partial charge is 0.133 e. The van der Waals surface area contributed by atoms with Crippen molar-refractivity contribution >= 4 is 0 Å². The van der Waals surface area contributed by atoms with Crippen molar-refractivity contribution in [3.63, 3.8) is 0 Å². The van der Waals surface area contributed by atoms with E-state index >= 15 is 0 Å². The first-order chi connectivity index (χ1) is 8.60. The minimum atomic E-state index is -0.880. The normalized spacial score (nSPS) is 12.7. The van der Waals surface area contributed by atoms with Crippen molar-refractivity contribution in [2.24, 2.45) is 0 Å². The quantitative estimate of drug-likeness (QED) is 0.718. The van der Waals surface area contributed by atoms with E-state index in [0.717, 1.165) is 37.8 Å². The van der Waals surface area contributed by atoms with Gasteiger partial charge in [0.2, 0.25) is 0 Å². The first kappa shape index (κ1) is 15.0. The summed E-state index contributed by atoms with van der Waals surface area (Å²) in [6.07, 6.45) is 4.82. The molecule has 0 amide bonds. The number of nitrogens with one attached hydrogen (secondary N) is 1. The molecule has 0 radical (unpaired) electrons. The summed E-state index contributed by atoms with van der Waals surface area (Å²) in [6.45, 7) is 2.11. The summed E-state index contributed by atoms with van der Waals surface area (Å²) in [6, 6.07) is 1.06.